The molecule has 0 fully saturated rings. The van der Waals surface area contributed by atoms with Crippen molar-refractivity contribution in [2.75, 3.05) is 18.5 Å². The lowest BCUT2D eigenvalue weighted by atomic mass is 10.2. The van der Waals surface area contributed by atoms with Crippen LogP contribution in [0.3, 0.4) is 0 Å². The molecule has 8 heteroatoms. The summed E-state index contributed by atoms with van der Waals surface area (Å²) in [4.78, 5) is 10.3. The van der Waals surface area contributed by atoms with Crippen molar-refractivity contribution in [2.24, 2.45) is 0 Å². The fraction of sp³-hybridized carbons (Fsp3) is 0.294. The van der Waals surface area contributed by atoms with Crippen LogP contribution < -0.4 is 5.32 Å². The number of anilines is 1. The fourth-order valence-corrected chi connectivity index (χ4v) is 4.30. The number of non-ortho nitro benzene ring substituents is 1. The Morgan fingerprint density at radius 3 is 2.08 bits per heavy atom. The van der Waals surface area contributed by atoms with E-state index in [0.29, 0.717) is 5.69 Å². The summed E-state index contributed by atoms with van der Waals surface area (Å²) < 4.78 is 24.2. The van der Waals surface area contributed by atoms with Gasteiger partial charge in [-0.3, -0.25) is 14.7 Å². The van der Waals surface area contributed by atoms with Crippen molar-refractivity contribution in [1.82, 2.24) is 0 Å². The van der Waals surface area contributed by atoms with Gasteiger partial charge in [0, 0.05) is 17.8 Å². The van der Waals surface area contributed by atoms with Gasteiger partial charge in [-0.2, -0.15) is 0 Å². The minimum atomic E-state index is -3.49. The van der Waals surface area contributed by atoms with Crippen LogP contribution in [0.2, 0.25) is 0 Å². The normalized spacial score (nSPS) is 12.6. The van der Waals surface area contributed by atoms with Crippen molar-refractivity contribution in [1.29, 1.82) is 0 Å². The summed E-state index contributed by atoms with van der Waals surface area (Å²) in [5, 5.41) is 13.9. The van der Waals surface area contributed by atoms with Gasteiger partial charge < -0.3 is 14.4 Å². The van der Waals surface area contributed by atoms with Crippen LogP contribution in [-0.4, -0.2) is 18.1 Å². The zero-order chi connectivity index (χ0) is 18.3. The number of nitrogens with zero attached hydrogens (tertiary/aromatic N) is 1. The van der Waals surface area contributed by atoms with E-state index < -0.39 is 18.3 Å². The highest BCUT2D eigenvalue weighted by molar-refractivity contribution is 7.54. The first-order chi connectivity index (χ1) is 12.0. The van der Waals surface area contributed by atoms with Gasteiger partial charge in [0.05, 0.1) is 18.1 Å². The molecular formula is C17H21N2O5P. The Bertz CT molecular complexity index is 726. The molecule has 0 aliphatic rings. The molecule has 134 valence electrons. The summed E-state index contributed by atoms with van der Waals surface area (Å²) in [7, 11) is -3.49. The Labute approximate surface area is 146 Å². The van der Waals surface area contributed by atoms with Crippen molar-refractivity contribution < 1.29 is 18.5 Å². The number of hydrogen-bond acceptors (Lipinski definition) is 6. The molecule has 0 aliphatic carbocycles. The maximum absolute atomic E-state index is 13.3. The molecule has 1 atom stereocenters. The zero-order valence-corrected chi connectivity index (χ0v) is 15.0. The first-order valence-corrected chi connectivity index (χ1v) is 9.56. The van der Waals surface area contributed by atoms with E-state index >= 15 is 0 Å². The van der Waals surface area contributed by atoms with Gasteiger partial charge >= 0.3 is 7.60 Å². The third-order valence-corrected chi connectivity index (χ3v) is 5.73. The van der Waals surface area contributed by atoms with Gasteiger partial charge in [0.15, 0.2) is 5.78 Å². The number of nitro benzene ring substituents is 1. The lowest BCUT2D eigenvalue weighted by Crippen LogP contribution is -2.15. The third kappa shape index (κ3) is 4.89. The Morgan fingerprint density at radius 1 is 1.04 bits per heavy atom. The second-order valence-electron chi connectivity index (χ2n) is 5.14. The van der Waals surface area contributed by atoms with Crippen LogP contribution in [0.1, 0.15) is 25.2 Å². The van der Waals surface area contributed by atoms with E-state index in [2.05, 4.69) is 5.32 Å². The van der Waals surface area contributed by atoms with Crippen LogP contribution in [0, 0.1) is 10.1 Å². The highest BCUT2D eigenvalue weighted by atomic mass is 31.2. The van der Waals surface area contributed by atoms with E-state index in [-0.39, 0.29) is 18.9 Å². The number of nitrogens with one attached hydrogen (secondary N) is 1. The van der Waals surface area contributed by atoms with Gasteiger partial charge in [0.25, 0.3) is 5.69 Å². The first-order valence-electron chi connectivity index (χ1n) is 7.95. The molecule has 0 aliphatic heterocycles. The van der Waals surface area contributed by atoms with E-state index in [1.54, 1.807) is 26.0 Å². The largest absolute Gasteiger partial charge is 0.368 e. The molecule has 0 heterocycles. The van der Waals surface area contributed by atoms with Crippen molar-refractivity contribution in [2.45, 2.75) is 19.6 Å². The second-order valence-corrected chi connectivity index (χ2v) is 7.25. The Hall–Kier alpha value is -2.21. The summed E-state index contributed by atoms with van der Waals surface area (Å²) in [6, 6.07) is 15.1. The maximum atomic E-state index is 13.3. The Balaban J connectivity index is 2.37. The SMILES string of the molecule is CCOP(=O)(OCC)C(Nc1ccc([N+](=O)[O-])cc1)c1ccccc1. The molecule has 0 radical (unpaired) electrons. The maximum Gasteiger partial charge on any atom is 0.357 e. The molecule has 7 nitrogen and oxygen atoms in total. The summed E-state index contributed by atoms with van der Waals surface area (Å²) >= 11 is 0. The van der Waals surface area contributed by atoms with Crippen LogP contribution in [0.5, 0.6) is 0 Å². The lowest BCUT2D eigenvalue weighted by Gasteiger charge is -2.28. The summed E-state index contributed by atoms with van der Waals surface area (Å²) in [5.74, 6) is -0.727. The van der Waals surface area contributed by atoms with Gasteiger partial charge in [-0.25, -0.2) is 0 Å². The minimum Gasteiger partial charge on any atom is -0.368 e. The third-order valence-electron chi connectivity index (χ3n) is 3.43. The molecular weight excluding hydrogens is 343 g/mol. The summed E-state index contributed by atoms with van der Waals surface area (Å²) in [5.41, 5.74) is 1.31. The van der Waals surface area contributed by atoms with Crippen molar-refractivity contribution in [3.05, 3.63) is 70.3 Å². The molecule has 0 saturated carbocycles. The lowest BCUT2D eigenvalue weighted by molar-refractivity contribution is -0.384. The van der Waals surface area contributed by atoms with Gasteiger partial charge in [0.1, 0.15) is 0 Å². The van der Waals surface area contributed by atoms with Crippen LogP contribution in [0.25, 0.3) is 0 Å². The second kappa shape index (κ2) is 8.76. The van der Waals surface area contributed by atoms with E-state index in [1.807, 2.05) is 30.3 Å². The smallest absolute Gasteiger partial charge is 0.357 e. The molecule has 0 bridgehead atoms. The molecule has 0 amide bonds. The van der Waals surface area contributed by atoms with E-state index in [4.69, 9.17) is 9.05 Å². The fourth-order valence-electron chi connectivity index (χ4n) is 2.36. The summed E-state index contributed by atoms with van der Waals surface area (Å²) in [6.45, 7) is 3.98. The average molecular weight is 364 g/mol. The Kier molecular flexibility index (Phi) is 6.70. The standard InChI is InChI=1S/C17H21N2O5P/c1-3-23-25(22,24-4-2)17(14-8-6-5-7-9-14)18-15-10-12-16(13-11-15)19(20)21/h5-13,17-18H,3-4H2,1-2H3. The average Bonchev–Trinajstić information content (AvgIpc) is 2.61. The molecule has 0 spiro atoms. The van der Waals surface area contributed by atoms with E-state index in [1.165, 1.54) is 12.1 Å². The van der Waals surface area contributed by atoms with Gasteiger partial charge in [-0.1, -0.05) is 30.3 Å². The number of rotatable bonds is 9. The highest BCUT2D eigenvalue weighted by Gasteiger charge is 2.37. The molecule has 2 aromatic carbocycles. The van der Waals surface area contributed by atoms with Crippen LogP contribution in [0.15, 0.2) is 54.6 Å². The van der Waals surface area contributed by atoms with Crippen molar-refractivity contribution in [3.8, 4) is 0 Å². The van der Waals surface area contributed by atoms with E-state index in [0.717, 1.165) is 5.56 Å². The van der Waals surface area contributed by atoms with Crippen molar-refractivity contribution >= 4 is 19.0 Å². The zero-order valence-electron chi connectivity index (χ0n) is 14.1. The van der Waals surface area contributed by atoms with Gasteiger partial charge in [0.2, 0.25) is 0 Å². The monoisotopic (exact) mass is 364 g/mol. The highest BCUT2D eigenvalue weighted by Crippen LogP contribution is 2.60. The quantitative estimate of drug-likeness (QED) is 0.384. The number of hydrogen-bond donors (Lipinski definition) is 1. The number of nitro groups is 1. The first kappa shape index (κ1) is 19.1. The molecule has 0 aromatic heterocycles. The van der Waals surface area contributed by atoms with Gasteiger partial charge in [-0.05, 0) is 31.5 Å². The molecule has 2 aromatic rings. The van der Waals surface area contributed by atoms with Gasteiger partial charge in [-0.15, -0.1) is 0 Å². The van der Waals surface area contributed by atoms with Crippen LogP contribution in [0.4, 0.5) is 11.4 Å². The Morgan fingerprint density at radius 2 is 1.60 bits per heavy atom. The molecule has 1 unspecified atom stereocenters. The molecule has 0 saturated heterocycles. The predicted molar refractivity (Wildman–Crippen MR) is 96.8 cm³/mol. The van der Waals surface area contributed by atoms with Crippen LogP contribution in [-0.2, 0) is 13.6 Å². The molecule has 1 N–H and O–H groups in total. The molecule has 25 heavy (non-hydrogen) atoms. The minimum absolute atomic E-state index is 0.0142. The van der Waals surface area contributed by atoms with E-state index in [9.17, 15) is 14.7 Å². The molecule has 2 rings (SSSR count). The van der Waals surface area contributed by atoms with Crippen LogP contribution >= 0.6 is 7.60 Å². The number of benzene rings is 2. The summed E-state index contributed by atoms with van der Waals surface area (Å²) in [6.07, 6.45) is 0. The topological polar surface area (TPSA) is 90.7 Å². The van der Waals surface area contributed by atoms with Crippen molar-refractivity contribution in [3.63, 3.8) is 0 Å². The predicted octanol–water partition coefficient (Wildman–Crippen LogP) is 4.97.